The molecule has 0 radical (unpaired) electrons. The molecule has 5 N–H and O–H groups in total. The average molecular weight is 474 g/mol. The molecule has 0 aromatic carbocycles. The summed E-state index contributed by atoms with van der Waals surface area (Å²) in [6.45, 7) is 0.193. The number of urea groups is 2. The lowest BCUT2D eigenvalue weighted by atomic mass is 9.97. The van der Waals surface area contributed by atoms with E-state index in [1.165, 1.54) is 22.8 Å². The second kappa shape index (κ2) is 8.97. The normalized spacial score (nSPS) is 20.2. The smallest absolute Gasteiger partial charge is 0.352 e. The summed E-state index contributed by atoms with van der Waals surface area (Å²) in [5.41, 5.74) is 8.33. The van der Waals surface area contributed by atoms with Crippen LogP contribution < -0.4 is 16.5 Å². The molecular weight excluding hydrogens is 452 g/mol. The number of nitrogens with two attached hydrogens (primary N) is 1. The third kappa shape index (κ3) is 4.73. The third-order valence-corrected chi connectivity index (χ3v) is 5.18. The number of aliphatic imine (C=N–C) groups is 1. The lowest BCUT2D eigenvalue weighted by Gasteiger charge is -2.31. The zero-order valence-corrected chi connectivity index (χ0v) is 17.9. The van der Waals surface area contributed by atoms with Crippen molar-refractivity contribution in [3.63, 3.8) is 0 Å². The number of nitrogens with one attached hydrogen (secondary N) is 2. The topological polar surface area (TPSA) is 211 Å². The number of hydrogen-bond donors (Lipinski definition) is 4. The summed E-state index contributed by atoms with van der Waals surface area (Å²) in [4.78, 5) is 45.8. The van der Waals surface area contributed by atoms with Gasteiger partial charge in [-0.2, -0.15) is 18.6 Å². The molecule has 1 aromatic heterocycles. The molecule has 0 aliphatic carbocycles. The molecule has 17 heteroatoms. The molecule has 3 rings (SSSR count). The summed E-state index contributed by atoms with van der Waals surface area (Å²) in [6.07, 6.45) is 1.69. The molecule has 2 bridgehead atoms. The summed E-state index contributed by atoms with van der Waals surface area (Å²) >= 11 is 0. The Kier molecular flexibility index (Phi) is 6.51. The summed E-state index contributed by atoms with van der Waals surface area (Å²) in [6, 6.07) is -3.31. The van der Waals surface area contributed by atoms with E-state index in [1.807, 2.05) is 0 Å². The molecule has 1 saturated heterocycles. The number of amidine groups is 1. The van der Waals surface area contributed by atoms with E-state index in [9.17, 15) is 22.8 Å². The van der Waals surface area contributed by atoms with Gasteiger partial charge in [0.05, 0.1) is 18.4 Å². The van der Waals surface area contributed by atoms with Crippen LogP contribution in [0.2, 0.25) is 0 Å². The lowest BCUT2D eigenvalue weighted by Crippen LogP contribution is -2.45. The Morgan fingerprint density at radius 2 is 2.16 bits per heavy atom. The Morgan fingerprint density at radius 1 is 1.44 bits per heavy atom. The molecule has 1 fully saturated rings. The molecule has 2 aliphatic heterocycles. The monoisotopic (exact) mass is 474 g/mol. The van der Waals surface area contributed by atoms with Crippen LogP contribution in [-0.4, -0.2) is 76.7 Å². The third-order valence-electron chi connectivity index (χ3n) is 4.83. The fourth-order valence-corrected chi connectivity index (χ4v) is 3.90. The number of aromatic nitrogens is 2. The molecule has 3 heterocycles. The Balaban J connectivity index is 1.77. The Morgan fingerprint density at radius 3 is 2.78 bits per heavy atom. The summed E-state index contributed by atoms with van der Waals surface area (Å²) in [5.74, 6) is -0.584. The Labute approximate surface area is 182 Å². The van der Waals surface area contributed by atoms with Crippen LogP contribution in [0.25, 0.3) is 0 Å². The molecule has 4 amide bonds. The lowest BCUT2D eigenvalue weighted by molar-refractivity contribution is -0.148. The predicted octanol–water partition coefficient (Wildman–Crippen LogP) is -1.49. The van der Waals surface area contributed by atoms with Crippen molar-refractivity contribution in [1.82, 2.24) is 30.5 Å². The van der Waals surface area contributed by atoms with E-state index in [0.29, 0.717) is 16.3 Å². The molecular formula is C15H22N8O8S. The second-order valence-corrected chi connectivity index (χ2v) is 7.87. The predicted molar refractivity (Wildman–Crippen MR) is 105 cm³/mol. The van der Waals surface area contributed by atoms with Crippen LogP contribution in [0.15, 0.2) is 11.2 Å². The van der Waals surface area contributed by atoms with E-state index in [-0.39, 0.29) is 31.8 Å². The highest BCUT2D eigenvalue weighted by atomic mass is 32.3. The van der Waals surface area contributed by atoms with Crippen molar-refractivity contribution < 1.29 is 36.5 Å². The van der Waals surface area contributed by atoms with E-state index in [0.717, 1.165) is 0 Å². The van der Waals surface area contributed by atoms with Crippen LogP contribution in [-0.2, 0) is 31.4 Å². The number of hydroxylamine groups is 3. The standard InChI is InChI=1S/C15H22N8O8S/c1-17-13(20-30-10(24)4-3-5-18-14(16)25)12-11-8(6-19-21(11)2)9-7-22(12)15(26)23(9)31-32(27,28)29/h6,9,12H,3-5,7H2,1-2H3,(H,17,20)(H3,16,18,25)(H,27,28,29)/t9-,12-/m0/s1. The van der Waals surface area contributed by atoms with Gasteiger partial charge >= 0.3 is 28.4 Å². The highest BCUT2D eigenvalue weighted by Gasteiger charge is 2.53. The van der Waals surface area contributed by atoms with Gasteiger partial charge in [-0.25, -0.2) is 19.9 Å². The molecule has 32 heavy (non-hydrogen) atoms. The SMILES string of the molecule is CN=C(NOC(=O)CCCNC(N)=O)[C@@H]1c2c(cnn2C)[C@@H]2CN1C(=O)N2OS(=O)(=O)O. The van der Waals surface area contributed by atoms with Gasteiger partial charge in [-0.05, 0) is 6.42 Å². The summed E-state index contributed by atoms with van der Waals surface area (Å²) in [5, 5.41) is 7.03. The number of carbonyl (C=O) groups excluding carboxylic acids is 3. The van der Waals surface area contributed by atoms with Gasteiger partial charge in [0.25, 0.3) is 0 Å². The molecule has 176 valence electrons. The molecule has 2 aliphatic rings. The van der Waals surface area contributed by atoms with E-state index >= 15 is 0 Å². The van der Waals surface area contributed by atoms with Crippen LogP contribution in [0.5, 0.6) is 0 Å². The van der Waals surface area contributed by atoms with Gasteiger partial charge in [0.15, 0.2) is 5.84 Å². The van der Waals surface area contributed by atoms with Crippen molar-refractivity contribution in [2.45, 2.75) is 24.9 Å². The zero-order chi connectivity index (χ0) is 23.6. The highest BCUT2D eigenvalue weighted by Crippen LogP contribution is 2.44. The van der Waals surface area contributed by atoms with E-state index < -0.39 is 40.5 Å². The number of carbonyl (C=O) groups is 3. The first-order valence-corrected chi connectivity index (χ1v) is 10.6. The second-order valence-electron chi connectivity index (χ2n) is 6.87. The van der Waals surface area contributed by atoms with Crippen LogP contribution in [0, 0.1) is 0 Å². The quantitative estimate of drug-likeness (QED) is 0.118. The van der Waals surface area contributed by atoms with Gasteiger partial charge in [0.2, 0.25) is 0 Å². The molecule has 0 spiro atoms. The van der Waals surface area contributed by atoms with Gasteiger partial charge in [0.1, 0.15) is 12.1 Å². The molecule has 1 aromatic rings. The first-order valence-electron chi connectivity index (χ1n) is 9.27. The number of primary amides is 1. The fourth-order valence-electron chi connectivity index (χ4n) is 3.53. The number of nitrogens with zero attached hydrogens (tertiary/aromatic N) is 5. The van der Waals surface area contributed by atoms with Gasteiger partial charge in [-0.15, -0.1) is 4.28 Å². The number of fused-ring (bicyclic) bond motifs is 4. The van der Waals surface area contributed by atoms with Crippen LogP contribution >= 0.6 is 0 Å². The van der Waals surface area contributed by atoms with Crippen LogP contribution in [0.1, 0.15) is 36.2 Å². The molecule has 16 nitrogen and oxygen atoms in total. The van der Waals surface area contributed by atoms with Crippen molar-refractivity contribution in [3.8, 4) is 0 Å². The van der Waals surface area contributed by atoms with Crippen LogP contribution in [0.4, 0.5) is 9.59 Å². The van der Waals surface area contributed by atoms with Crippen molar-refractivity contribution in [2.24, 2.45) is 17.8 Å². The minimum Gasteiger partial charge on any atom is -0.352 e. The highest BCUT2D eigenvalue weighted by molar-refractivity contribution is 7.80. The van der Waals surface area contributed by atoms with E-state index in [4.69, 9.17) is 15.1 Å². The largest absolute Gasteiger partial charge is 0.418 e. The van der Waals surface area contributed by atoms with Crippen molar-refractivity contribution >= 4 is 34.3 Å². The summed E-state index contributed by atoms with van der Waals surface area (Å²) < 4.78 is 37.4. The van der Waals surface area contributed by atoms with Gasteiger partial charge in [-0.3, -0.25) is 14.2 Å². The minimum absolute atomic E-state index is 0.00511. The maximum atomic E-state index is 12.8. The van der Waals surface area contributed by atoms with Crippen LogP contribution in [0.3, 0.4) is 0 Å². The minimum atomic E-state index is -4.95. The van der Waals surface area contributed by atoms with E-state index in [1.54, 1.807) is 7.05 Å². The maximum Gasteiger partial charge on any atom is 0.418 e. The zero-order valence-electron chi connectivity index (χ0n) is 17.1. The molecule has 0 saturated carbocycles. The number of rotatable bonds is 7. The average Bonchev–Trinajstić information content (AvgIpc) is 3.21. The van der Waals surface area contributed by atoms with Crippen molar-refractivity contribution in [2.75, 3.05) is 20.1 Å². The Bertz CT molecular complexity index is 1050. The molecule has 2 atom stereocenters. The number of amides is 4. The maximum absolute atomic E-state index is 12.8. The fraction of sp³-hybridized carbons (Fsp3) is 0.533. The molecule has 0 unspecified atom stereocenters. The number of hydrogen-bond acceptors (Lipinski definition) is 9. The first kappa shape index (κ1) is 23.2. The van der Waals surface area contributed by atoms with Crippen molar-refractivity contribution in [3.05, 3.63) is 17.5 Å². The van der Waals surface area contributed by atoms with Gasteiger partial charge in [0, 0.05) is 32.6 Å². The number of aryl methyl sites for hydroxylation is 1. The van der Waals surface area contributed by atoms with Gasteiger partial charge in [-0.1, -0.05) is 0 Å². The van der Waals surface area contributed by atoms with Gasteiger partial charge < -0.3 is 20.8 Å². The Hall–Kier alpha value is -3.44. The summed E-state index contributed by atoms with van der Waals surface area (Å²) in [7, 11) is -1.94. The van der Waals surface area contributed by atoms with Crippen molar-refractivity contribution in [1.29, 1.82) is 0 Å². The van der Waals surface area contributed by atoms with E-state index in [2.05, 4.69) is 25.2 Å². The first-order chi connectivity index (χ1) is 15.0.